The first-order chi connectivity index (χ1) is 5.95. The van der Waals surface area contributed by atoms with Crippen molar-refractivity contribution in [1.29, 1.82) is 0 Å². The van der Waals surface area contributed by atoms with E-state index >= 15 is 0 Å². The normalized spacial score (nSPS) is 9.92. The minimum Gasteiger partial charge on any atom is -0.339 e. The van der Waals surface area contributed by atoms with Crippen molar-refractivity contribution in [2.45, 2.75) is 6.92 Å². The van der Waals surface area contributed by atoms with Crippen molar-refractivity contribution in [3.63, 3.8) is 0 Å². The molecule has 0 aliphatic rings. The second-order valence-corrected chi connectivity index (χ2v) is 2.20. The lowest BCUT2D eigenvalue weighted by Crippen LogP contribution is -2.24. The summed E-state index contributed by atoms with van der Waals surface area (Å²) in [6, 6.07) is 0. The molecule has 0 aliphatic heterocycles. The molecule has 1 aromatic rings. The molecule has 0 radical (unpaired) electrons. The number of aromatic nitrogens is 2. The first-order valence-corrected chi connectivity index (χ1v) is 3.06. The lowest BCUT2D eigenvalue weighted by atomic mass is 10.4. The Kier molecular flexibility index (Phi) is 1.85. The molecular weight excluding hydrogens is 184 g/mol. The minimum atomic E-state index is -1.27. The highest BCUT2D eigenvalue weighted by Gasteiger charge is 2.27. The van der Waals surface area contributed by atoms with E-state index in [1.807, 2.05) is 5.10 Å². The second-order valence-electron chi connectivity index (χ2n) is 2.20. The molecule has 0 amide bonds. The average molecular weight is 188 g/mol. The van der Waals surface area contributed by atoms with Crippen molar-refractivity contribution < 1.29 is 9.96 Å². The number of aromatic amines is 1. The van der Waals surface area contributed by atoms with Gasteiger partial charge in [0.25, 0.3) is 0 Å². The standard InChI is InChI=1S/C4H4N4O5/c1-2-3(7(10)11)4(9)6(5-2)8(12)13/h5H,1H3. The molecule has 0 saturated heterocycles. The molecule has 9 heteroatoms. The third-order valence-electron chi connectivity index (χ3n) is 1.37. The van der Waals surface area contributed by atoms with Crippen LogP contribution in [0.1, 0.15) is 5.69 Å². The summed E-state index contributed by atoms with van der Waals surface area (Å²) in [5, 5.41) is 21.2. The number of H-pyrrole nitrogens is 1. The van der Waals surface area contributed by atoms with Gasteiger partial charge in [-0.2, -0.15) is 5.10 Å². The molecule has 0 aromatic carbocycles. The first kappa shape index (κ1) is 8.90. The van der Waals surface area contributed by atoms with Gasteiger partial charge in [-0.3, -0.25) is 14.9 Å². The molecule has 0 bridgehead atoms. The second kappa shape index (κ2) is 2.69. The Morgan fingerprint density at radius 3 is 2.15 bits per heavy atom. The van der Waals surface area contributed by atoms with Crippen LogP contribution in [0.2, 0.25) is 0 Å². The number of nitro groups is 2. The molecule has 0 fully saturated rings. The van der Waals surface area contributed by atoms with Crippen LogP contribution in [0.4, 0.5) is 5.69 Å². The van der Waals surface area contributed by atoms with Gasteiger partial charge in [-0.15, -0.1) is 0 Å². The average Bonchev–Trinajstić information content (AvgIpc) is 2.26. The van der Waals surface area contributed by atoms with E-state index in [-0.39, 0.29) is 10.5 Å². The van der Waals surface area contributed by atoms with Crippen LogP contribution in [0.3, 0.4) is 0 Å². The fraction of sp³-hybridized carbons (Fsp3) is 0.250. The van der Waals surface area contributed by atoms with Gasteiger partial charge in [-0.05, 0) is 0 Å². The van der Waals surface area contributed by atoms with E-state index in [0.29, 0.717) is 0 Å². The van der Waals surface area contributed by atoms with Crippen molar-refractivity contribution in [2.75, 3.05) is 0 Å². The Morgan fingerprint density at radius 2 is 1.92 bits per heavy atom. The van der Waals surface area contributed by atoms with E-state index < -0.39 is 21.2 Å². The Morgan fingerprint density at radius 1 is 1.38 bits per heavy atom. The van der Waals surface area contributed by atoms with Crippen molar-refractivity contribution >= 4 is 5.69 Å². The Labute approximate surface area is 69.8 Å². The third-order valence-corrected chi connectivity index (χ3v) is 1.37. The van der Waals surface area contributed by atoms with Crippen molar-refractivity contribution in [1.82, 2.24) is 9.89 Å². The molecule has 0 atom stereocenters. The smallest absolute Gasteiger partial charge is 0.339 e. The van der Waals surface area contributed by atoms with Crippen LogP contribution >= 0.6 is 0 Å². The first-order valence-electron chi connectivity index (χ1n) is 3.06. The van der Waals surface area contributed by atoms with Gasteiger partial charge in [0.15, 0.2) is 0 Å². The number of aryl methyl sites for hydroxylation is 1. The van der Waals surface area contributed by atoms with Crippen molar-refractivity contribution in [2.24, 2.45) is 0 Å². The summed E-state index contributed by atoms with van der Waals surface area (Å²) in [7, 11) is 0. The predicted molar refractivity (Wildman–Crippen MR) is 38.8 cm³/mol. The van der Waals surface area contributed by atoms with Crippen molar-refractivity contribution in [3.05, 3.63) is 36.3 Å². The molecule has 1 aromatic heterocycles. The Bertz CT molecular complexity index is 428. The van der Waals surface area contributed by atoms with Crippen LogP contribution in [0.5, 0.6) is 0 Å². The van der Waals surface area contributed by atoms with Gasteiger partial charge in [0, 0.05) is 11.7 Å². The van der Waals surface area contributed by atoms with E-state index in [9.17, 15) is 25.0 Å². The summed E-state index contributed by atoms with van der Waals surface area (Å²) in [5.74, 6) is 0. The molecule has 70 valence electrons. The van der Waals surface area contributed by atoms with Gasteiger partial charge < -0.3 is 10.1 Å². The van der Waals surface area contributed by atoms with E-state index in [1.54, 1.807) is 0 Å². The summed E-state index contributed by atoms with van der Waals surface area (Å²) in [5.41, 5.74) is -2.23. The maximum atomic E-state index is 10.9. The SMILES string of the molecule is Cc1[nH]n([N+](=O)[O-])c(=O)c1[N+](=O)[O-]. The highest BCUT2D eigenvalue weighted by atomic mass is 16.7. The van der Waals surface area contributed by atoms with Gasteiger partial charge in [-0.25, -0.2) is 0 Å². The fourth-order valence-corrected chi connectivity index (χ4v) is 0.853. The minimum absolute atomic E-state index is 0.0343. The highest BCUT2D eigenvalue weighted by Crippen LogP contribution is 2.07. The molecule has 1 N–H and O–H groups in total. The zero-order valence-corrected chi connectivity index (χ0v) is 6.38. The molecule has 1 rings (SSSR count). The van der Waals surface area contributed by atoms with Crippen LogP contribution in [0.15, 0.2) is 4.79 Å². The molecule has 9 nitrogen and oxygen atoms in total. The lowest BCUT2D eigenvalue weighted by molar-refractivity contribution is -0.556. The maximum absolute atomic E-state index is 10.9. The zero-order valence-electron chi connectivity index (χ0n) is 6.38. The van der Waals surface area contributed by atoms with Crippen LogP contribution in [0.25, 0.3) is 0 Å². The van der Waals surface area contributed by atoms with Gasteiger partial charge in [0.1, 0.15) is 0 Å². The summed E-state index contributed by atoms with van der Waals surface area (Å²) in [6.45, 7) is 1.21. The highest BCUT2D eigenvalue weighted by molar-refractivity contribution is 5.30. The number of nitrogens with zero attached hydrogens (tertiary/aromatic N) is 3. The van der Waals surface area contributed by atoms with E-state index in [1.165, 1.54) is 6.92 Å². The Balaban J connectivity index is 3.49. The molecule has 0 saturated carbocycles. The summed E-state index contributed by atoms with van der Waals surface area (Å²) >= 11 is 0. The van der Waals surface area contributed by atoms with E-state index in [4.69, 9.17) is 0 Å². The number of hydrogen-bond donors (Lipinski definition) is 1. The van der Waals surface area contributed by atoms with Crippen LogP contribution in [0, 0.1) is 27.2 Å². The molecule has 0 spiro atoms. The maximum Gasteiger partial charge on any atom is 0.409 e. The van der Waals surface area contributed by atoms with Crippen LogP contribution < -0.4 is 5.56 Å². The van der Waals surface area contributed by atoms with Gasteiger partial charge >= 0.3 is 11.2 Å². The summed E-state index contributed by atoms with van der Waals surface area (Å²) < 4.78 is 0. The molecule has 13 heavy (non-hydrogen) atoms. The molecular formula is C4H4N4O5. The quantitative estimate of drug-likeness (QED) is 0.491. The van der Waals surface area contributed by atoms with Gasteiger partial charge in [0.2, 0.25) is 5.69 Å². The lowest BCUT2D eigenvalue weighted by Gasteiger charge is -1.87. The van der Waals surface area contributed by atoms with Crippen molar-refractivity contribution in [3.8, 4) is 0 Å². The summed E-state index contributed by atoms with van der Waals surface area (Å²) in [6.07, 6.45) is 0. The number of rotatable bonds is 2. The van der Waals surface area contributed by atoms with E-state index in [2.05, 4.69) is 0 Å². The van der Waals surface area contributed by atoms with Gasteiger partial charge in [-0.1, -0.05) is 0 Å². The largest absolute Gasteiger partial charge is 0.409 e. The topological polar surface area (TPSA) is 124 Å². The zero-order chi connectivity index (χ0) is 10.2. The Hall–Kier alpha value is -2.19. The molecule has 0 aliphatic carbocycles. The van der Waals surface area contributed by atoms with Crippen LogP contribution in [-0.4, -0.2) is 19.8 Å². The third kappa shape index (κ3) is 1.26. The number of hydrogen-bond acceptors (Lipinski definition) is 5. The monoisotopic (exact) mass is 188 g/mol. The predicted octanol–water partition coefficient (Wildman–Crippen LogP) is -0.567. The van der Waals surface area contributed by atoms with Gasteiger partial charge in [0.05, 0.1) is 9.96 Å². The molecule has 1 heterocycles. The summed E-state index contributed by atoms with van der Waals surface area (Å²) in [4.78, 5) is 30.3. The fourth-order valence-electron chi connectivity index (χ4n) is 0.853. The molecule has 0 unspecified atom stereocenters. The van der Waals surface area contributed by atoms with Crippen LogP contribution in [-0.2, 0) is 0 Å². The van der Waals surface area contributed by atoms with E-state index in [0.717, 1.165) is 0 Å². The number of nitrogens with one attached hydrogen (secondary N) is 1.